The van der Waals surface area contributed by atoms with E-state index in [9.17, 15) is 9.59 Å². The molecule has 2 amide bonds. The number of hydrogen-bond donors (Lipinski definition) is 1. The Hall–Kier alpha value is -1.91. The van der Waals surface area contributed by atoms with Gasteiger partial charge in [-0.15, -0.1) is 0 Å². The summed E-state index contributed by atoms with van der Waals surface area (Å²) in [6, 6.07) is 5.65. The Balaban J connectivity index is 1.86. The van der Waals surface area contributed by atoms with Gasteiger partial charge in [0, 0.05) is 11.7 Å². The SMILES string of the molecule is Cc1cccc(C(=O)N2CC(=O)N[C@@H]3CCCC[C@@H]32)n1. The van der Waals surface area contributed by atoms with Crippen molar-refractivity contribution in [2.24, 2.45) is 0 Å². The molecule has 2 fully saturated rings. The van der Waals surface area contributed by atoms with Gasteiger partial charge in [-0.2, -0.15) is 0 Å². The molecule has 0 aromatic carbocycles. The molecule has 1 aromatic rings. The molecule has 1 aromatic heterocycles. The van der Waals surface area contributed by atoms with Crippen LogP contribution in [0.15, 0.2) is 18.2 Å². The molecule has 2 aliphatic rings. The molecule has 5 heteroatoms. The third-order valence-electron chi connectivity index (χ3n) is 4.16. The van der Waals surface area contributed by atoms with Gasteiger partial charge in [0.25, 0.3) is 5.91 Å². The quantitative estimate of drug-likeness (QED) is 0.838. The number of aromatic nitrogens is 1. The van der Waals surface area contributed by atoms with Crippen LogP contribution < -0.4 is 5.32 Å². The summed E-state index contributed by atoms with van der Waals surface area (Å²) in [5, 5.41) is 3.01. The Morgan fingerprint density at radius 2 is 2.15 bits per heavy atom. The molecule has 2 heterocycles. The summed E-state index contributed by atoms with van der Waals surface area (Å²) in [7, 11) is 0. The van der Waals surface area contributed by atoms with E-state index in [1.54, 1.807) is 11.0 Å². The third-order valence-corrected chi connectivity index (χ3v) is 4.16. The number of fused-ring (bicyclic) bond motifs is 1. The molecule has 1 N–H and O–H groups in total. The highest BCUT2D eigenvalue weighted by Crippen LogP contribution is 2.26. The molecule has 0 bridgehead atoms. The van der Waals surface area contributed by atoms with Crippen molar-refractivity contribution < 1.29 is 9.59 Å². The van der Waals surface area contributed by atoms with Gasteiger partial charge in [0.2, 0.25) is 5.91 Å². The van der Waals surface area contributed by atoms with Gasteiger partial charge in [0.15, 0.2) is 0 Å². The number of hydrogen-bond acceptors (Lipinski definition) is 3. The van der Waals surface area contributed by atoms with Gasteiger partial charge in [-0.25, -0.2) is 4.98 Å². The molecule has 1 aliphatic carbocycles. The smallest absolute Gasteiger partial charge is 0.273 e. The molecule has 106 valence electrons. The number of nitrogens with one attached hydrogen (secondary N) is 1. The molecular weight excluding hydrogens is 254 g/mol. The first-order valence-corrected chi connectivity index (χ1v) is 7.19. The molecule has 1 saturated heterocycles. The van der Waals surface area contributed by atoms with Crippen molar-refractivity contribution in [3.8, 4) is 0 Å². The number of piperazine rings is 1. The molecule has 1 saturated carbocycles. The molecule has 20 heavy (non-hydrogen) atoms. The van der Waals surface area contributed by atoms with Crippen LogP contribution in [0.3, 0.4) is 0 Å². The van der Waals surface area contributed by atoms with Crippen LogP contribution in [0, 0.1) is 6.92 Å². The first-order chi connectivity index (χ1) is 9.65. The molecule has 3 rings (SSSR count). The van der Waals surface area contributed by atoms with Crippen LogP contribution >= 0.6 is 0 Å². The highest BCUT2D eigenvalue weighted by atomic mass is 16.2. The summed E-state index contributed by atoms with van der Waals surface area (Å²) >= 11 is 0. The first-order valence-electron chi connectivity index (χ1n) is 7.19. The minimum absolute atomic E-state index is 0.0610. The van der Waals surface area contributed by atoms with E-state index in [4.69, 9.17) is 0 Å². The monoisotopic (exact) mass is 273 g/mol. The summed E-state index contributed by atoms with van der Waals surface area (Å²) in [4.78, 5) is 30.4. The van der Waals surface area contributed by atoms with Crippen LogP contribution in [0.2, 0.25) is 0 Å². The Bertz CT molecular complexity index is 544. The fraction of sp³-hybridized carbons (Fsp3) is 0.533. The lowest BCUT2D eigenvalue weighted by Crippen LogP contribution is -2.63. The number of amides is 2. The van der Waals surface area contributed by atoms with Crippen LogP contribution in [0.1, 0.15) is 41.9 Å². The van der Waals surface area contributed by atoms with Gasteiger partial charge in [0.05, 0.1) is 6.04 Å². The number of carbonyl (C=O) groups excluding carboxylic acids is 2. The number of pyridine rings is 1. The van der Waals surface area contributed by atoms with Crippen LogP contribution in [-0.4, -0.2) is 40.3 Å². The van der Waals surface area contributed by atoms with Crippen LogP contribution in [-0.2, 0) is 4.79 Å². The fourth-order valence-corrected chi connectivity index (χ4v) is 3.21. The van der Waals surface area contributed by atoms with Crippen molar-refractivity contribution in [3.63, 3.8) is 0 Å². The lowest BCUT2D eigenvalue weighted by Gasteiger charge is -2.43. The second-order valence-electron chi connectivity index (χ2n) is 5.62. The summed E-state index contributed by atoms with van der Waals surface area (Å²) < 4.78 is 0. The topological polar surface area (TPSA) is 62.3 Å². The van der Waals surface area contributed by atoms with E-state index in [0.29, 0.717) is 5.69 Å². The van der Waals surface area contributed by atoms with Crippen LogP contribution in [0.25, 0.3) is 0 Å². The minimum atomic E-state index is -0.125. The standard InChI is InChI=1S/C15H19N3O2/c1-10-5-4-7-12(16-10)15(20)18-9-14(19)17-11-6-2-3-8-13(11)18/h4-5,7,11,13H,2-3,6,8-9H2,1H3,(H,17,19)/t11-,13+/m1/s1. The minimum Gasteiger partial charge on any atom is -0.350 e. The van der Waals surface area contributed by atoms with E-state index in [2.05, 4.69) is 10.3 Å². The van der Waals surface area contributed by atoms with Gasteiger partial charge >= 0.3 is 0 Å². The lowest BCUT2D eigenvalue weighted by molar-refractivity contribution is -0.127. The van der Waals surface area contributed by atoms with Gasteiger partial charge in [-0.3, -0.25) is 9.59 Å². The van der Waals surface area contributed by atoms with E-state index in [0.717, 1.165) is 31.4 Å². The number of nitrogens with zero attached hydrogens (tertiary/aromatic N) is 2. The summed E-state index contributed by atoms with van der Waals surface area (Å²) in [5.41, 5.74) is 1.25. The Morgan fingerprint density at radius 3 is 2.95 bits per heavy atom. The second kappa shape index (κ2) is 5.23. The predicted octanol–water partition coefficient (Wildman–Crippen LogP) is 1.27. The lowest BCUT2D eigenvalue weighted by atomic mass is 9.87. The summed E-state index contributed by atoms with van der Waals surface area (Å²) in [6.07, 6.45) is 4.15. The normalized spacial score (nSPS) is 25.9. The third kappa shape index (κ3) is 2.40. The first kappa shape index (κ1) is 13.1. The number of rotatable bonds is 1. The fourth-order valence-electron chi connectivity index (χ4n) is 3.21. The maximum absolute atomic E-state index is 12.6. The number of aryl methyl sites for hydroxylation is 1. The predicted molar refractivity (Wildman–Crippen MR) is 74.2 cm³/mol. The molecule has 1 aliphatic heterocycles. The van der Waals surface area contributed by atoms with Gasteiger partial charge < -0.3 is 10.2 Å². The van der Waals surface area contributed by atoms with Crippen molar-refractivity contribution >= 4 is 11.8 Å². The Kier molecular flexibility index (Phi) is 3.42. The summed E-state index contributed by atoms with van der Waals surface area (Å²) in [6.45, 7) is 2.01. The maximum Gasteiger partial charge on any atom is 0.273 e. The largest absolute Gasteiger partial charge is 0.350 e. The summed E-state index contributed by atoms with van der Waals surface area (Å²) in [5.74, 6) is -0.186. The average Bonchev–Trinajstić information content (AvgIpc) is 2.45. The highest BCUT2D eigenvalue weighted by molar-refractivity contribution is 5.96. The highest BCUT2D eigenvalue weighted by Gasteiger charge is 2.39. The van der Waals surface area contributed by atoms with Crippen LogP contribution in [0.5, 0.6) is 0 Å². The van der Waals surface area contributed by atoms with E-state index < -0.39 is 0 Å². The maximum atomic E-state index is 12.6. The van der Waals surface area contributed by atoms with Crippen molar-refractivity contribution in [2.75, 3.05) is 6.54 Å². The van der Waals surface area contributed by atoms with Crippen molar-refractivity contribution in [3.05, 3.63) is 29.6 Å². The average molecular weight is 273 g/mol. The molecule has 0 unspecified atom stereocenters. The molecule has 2 atom stereocenters. The molecule has 5 nitrogen and oxygen atoms in total. The Labute approximate surface area is 118 Å². The molecule has 0 radical (unpaired) electrons. The zero-order valence-corrected chi connectivity index (χ0v) is 11.6. The van der Waals surface area contributed by atoms with E-state index in [-0.39, 0.29) is 30.4 Å². The number of carbonyl (C=O) groups is 2. The van der Waals surface area contributed by atoms with Gasteiger partial charge in [-0.1, -0.05) is 18.9 Å². The Morgan fingerprint density at radius 1 is 1.35 bits per heavy atom. The zero-order chi connectivity index (χ0) is 14.1. The van der Waals surface area contributed by atoms with Gasteiger partial charge in [-0.05, 0) is 31.9 Å². The zero-order valence-electron chi connectivity index (χ0n) is 11.6. The van der Waals surface area contributed by atoms with E-state index >= 15 is 0 Å². The molecule has 0 spiro atoms. The van der Waals surface area contributed by atoms with Gasteiger partial charge in [0.1, 0.15) is 12.2 Å². The van der Waals surface area contributed by atoms with Crippen molar-refractivity contribution in [1.29, 1.82) is 0 Å². The van der Waals surface area contributed by atoms with E-state index in [1.165, 1.54) is 0 Å². The van der Waals surface area contributed by atoms with E-state index in [1.807, 2.05) is 19.1 Å². The second-order valence-corrected chi connectivity index (χ2v) is 5.62. The van der Waals surface area contributed by atoms with Crippen molar-refractivity contribution in [1.82, 2.24) is 15.2 Å². The molecular formula is C15H19N3O2. The van der Waals surface area contributed by atoms with Crippen molar-refractivity contribution in [2.45, 2.75) is 44.7 Å². The van der Waals surface area contributed by atoms with Crippen LogP contribution in [0.4, 0.5) is 0 Å².